The summed E-state index contributed by atoms with van der Waals surface area (Å²) in [6.45, 7) is 0. The smallest absolute Gasteiger partial charge is 0.108 e. The molecule has 4 heteroatoms. The minimum absolute atomic E-state index is 0.361. The molecule has 0 bridgehead atoms. The Labute approximate surface area is 273 Å². The minimum Gasteiger partial charge on any atom is -0.299 e. The van der Waals surface area contributed by atoms with Crippen LogP contribution in [0, 0.1) is 5.41 Å². The summed E-state index contributed by atoms with van der Waals surface area (Å²) in [5.74, 6) is 0. The number of aromatic nitrogens is 1. The van der Waals surface area contributed by atoms with Crippen LogP contribution in [0.1, 0.15) is 5.56 Å². The third kappa shape index (κ3) is 5.43. The molecule has 0 fully saturated rings. The van der Waals surface area contributed by atoms with Gasteiger partial charge in [-0.1, -0.05) is 127 Å². The van der Waals surface area contributed by atoms with E-state index in [2.05, 4.69) is 119 Å². The molecule has 0 atom stereocenters. The van der Waals surface area contributed by atoms with Gasteiger partial charge < -0.3 is 0 Å². The van der Waals surface area contributed by atoms with Crippen LogP contribution in [0.2, 0.25) is 0 Å². The summed E-state index contributed by atoms with van der Waals surface area (Å²) in [6.07, 6.45) is 9.42. The SMILES string of the molecule is N=C1C=C(c2ccc(-c3c4ccccc4c(-c4ccccc4)c4ccccc34)cc2)C=C/C1=N/Nc1ccc(-c2cccnc2)cc1. The molecule has 1 aromatic heterocycles. The number of fused-ring (bicyclic) bond motifs is 2. The van der Waals surface area contributed by atoms with Gasteiger partial charge in [0.15, 0.2) is 0 Å². The van der Waals surface area contributed by atoms with Gasteiger partial charge in [-0.15, -0.1) is 0 Å². The first-order valence-electron chi connectivity index (χ1n) is 15.7. The van der Waals surface area contributed by atoms with Gasteiger partial charge in [-0.05, 0) is 96.4 Å². The first-order chi connectivity index (χ1) is 23.2. The number of pyridine rings is 1. The highest BCUT2D eigenvalue weighted by Gasteiger charge is 2.17. The number of hydrogen-bond acceptors (Lipinski definition) is 4. The van der Waals surface area contributed by atoms with E-state index in [0.29, 0.717) is 11.4 Å². The Balaban J connectivity index is 1.07. The summed E-state index contributed by atoms with van der Waals surface area (Å²) < 4.78 is 0. The lowest BCUT2D eigenvalue weighted by atomic mass is 9.85. The van der Waals surface area contributed by atoms with E-state index in [0.717, 1.165) is 33.5 Å². The Kier molecular flexibility index (Phi) is 7.29. The highest BCUT2D eigenvalue weighted by atomic mass is 15.3. The van der Waals surface area contributed by atoms with Crippen LogP contribution in [-0.4, -0.2) is 16.4 Å². The quantitative estimate of drug-likeness (QED) is 0.113. The highest BCUT2D eigenvalue weighted by Crippen LogP contribution is 2.43. The second-order valence-electron chi connectivity index (χ2n) is 11.6. The van der Waals surface area contributed by atoms with Crippen molar-refractivity contribution >= 4 is 44.2 Å². The molecular weight excluding hydrogens is 573 g/mol. The van der Waals surface area contributed by atoms with Crippen LogP contribution in [0.4, 0.5) is 5.69 Å². The van der Waals surface area contributed by atoms with Crippen LogP contribution in [-0.2, 0) is 0 Å². The van der Waals surface area contributed by atoms with Gasteiger partial charge in [0, 0.05) is 12.4 Å². The van der Waals surface area contributed by atoms with Gasteiger partial charge in [0.2, 0.25) is 0 Å². The molecular formula is C43H30N4. The van der Waals surface area contributed by atoms with Crippen molar-refractivity contribution in [2.75, 3.05) is 5.43 Å². The Bertz CT molecular complexity index is 2290. The average molecular weight is 603 g/mol. The fourth-order valence-electron chi connectivity index (χ4n) is 6.39. The second kappa shape index (κ2) is 12.2. The summed E-state index contributed by atoms with van der Waals surface area (Å²) in [5.41, 5.74) is 14.0. The first kappa shape index (κ1) is 28.1. The lowest BCUT2D eigenvalue weighted by Gasteiger charge is -2.18. The summed E-state index contributed by atoms with van der Waals surface area (Å²) in [4.78, 5) is 4.20. The Morgan fingerprint density at radius 3 is 1.60 bits per heavy atom. The molecule has 0 spiro atoms. The van der Waals surface area contributed by atoms with Crippen LogP contribution in [0.25, 0.3) is 60.5 Å². The number of nitrogens with zero attached hydrogens (tertiary/aromatic N) is 2. The third-order valence-corrected chi connectivity index (χ3v) is 8.68. The zero-order valence-corrected chi connectivity index (χ0v) is 25.6. The molecule has 7 aromatic rings. The van der Waals surface area contributed by atoms with Gasteiger partial charge in [0.1, 0.15) is 5.71 Å². The highest BCUT2D eigenvalue weighted by molar-refractivity contribution is 6.51. The van der Waals surface area contributed by atoms with Gasteiger partial charge in [-0.25, -0.2) is 0 Å². The van der Waals surface area contributed by atoms with E-state index in [-0.39, 0.29) is 0 Å². The Morgan fingerprint density at radius 2 is 1.02 bits per heavy atom. The summed E-state index contributed by atoms with van der Waals surface area (Å²) in [6, 6.07) is 48.8. The fourth-order valence-corrected chi connectivity index (χ4v) is 6.39. The summed E-state index contributed by atoms with van der Waals surface area (Å²) in [7, 11) is 0. The number of benzene rings is 6. The van der Waals surface area contributed by atoms with Crippen LogP contribution in [0.3, 0.4) is 0 Å². The molecule has 0 radical (unpaired) electrons. The van der Waals surface area contributed by atoms with E-state index in [1.807, 2.05) is 60.8 Å². The standard InChI is InChI=1S/C43H30N4/c44-40-27-33(22-25-41(40)47-46-35-23-20-30(21-24-35)34-11-8-26-45-28-34)29-16-18-32(19-17-29)43-38-14-6-4-12-36(38)42(31-9-2-1-3-10-31)37-13-5-7-15-39(37)43/h1-28,44,46H/b44-40?,47-41-. The topological polar surface area (TPSA) is 61.1 Å². The molecule has 1 aliphatic rings. The van der Waals surface area contributed by atoms with Crippen molar-refractivity contribution in [2.45, 2.75) is 0 Å². The number of hydrogen-bond donors (Lipinski definition) is 2. The molecule has 0 amide bonds. The molecule has 1 aliphatic carbocycles. The molecule has 4 nitrogen and oxygen atoms in total. The van der Waals surface area contributed by atoms with E-state index in [4.69, 9.17) is 5.41 Å². The van der Waals surface area contributed by atoms with Crippen molar-refractivity contribution in [1.82, 2.24) is 4.98 Å². The van der Waals surface area contributed by atoms with Gasteiger partial charge in [0.25, 0.3) is 0 Å². The van der Waals surface area contributed by atoms with Gasteiger partial charge in [0.05, 0.1) is 11.4 Å². The van der Waals surface area contributed by atoms with Crippen molar-refractivity contribution < 1.29 is 0 Å². The normalized spacial score (nSPS) is 13.7. The maximum absolute atomic E-state index is 8.68. The predicted molar refractivity (Wildman–Crippen MR) is 198 cm³/mol. The Morgan fingerprint density at radius 1 is 0.489 bits per heavy atom. The first-order valence-corrected chi connectivity index (χ1v) is 15.7. The fraction of sp³-hybridized carbons (Fsp3) is 0. The number of allylic oxidation sites excluding steroid dienone is 4. The van der Waals surface area contributed by atoms with Crippen molar-refractivity contribution in [3.63, 3.8) is 0 Å². The van der Waals surface area contributed by atoms with E-state index in [1.54, 1.807) is 6.20 Å². The molecule has 0 saturated heterocycles. The number of anilines is 1. The molecule has 0 saturated carbocycles. The number of nitrogens with one attached hydrogen (secondary N) is 2. The van der Waals surface area contributed by atoms with E-state index < -0.39 is 0 Å². The van der Waals surface area contributed by atoms with Crippen LogP contribution in [0.15, 0.2) is 175 Å². The zero-order chi connectivity index (χ0) is 31.6. The summed E-state index contributed by atoms with van der Waals surface area (Å²) in [5, 5.41) is 18.1. The zero-order valence-electron chi connectivity index (χ0n) is 25.6. The van der Waals surface area contributed by atoms with E-state index >= 15 is 0 Å². The Hall–Kier alpha value is -6.39. The van der Waals surface area contributed by atoms with Crippen molar-refractivity contribution in [1.29, 1.82) is 5.41 Å². The van der Waals surface area contributed by atoms with Gasteiger partial charge >= 0.3 is 0 Å². The summed E-state index contributed by atoms with van der Waals surface area (Å²) >= 11 is 0. The third-order valence-electron chi connectivity index (χ3n) is 8.68. The van der Waals surface area contributed by atoms with Crippen LogP contribution >= 0.6 is 0 Å². The molecule has 6 aromatic carbocycles. The lowest BCUT2D eigenvalue weighted by molar-refractivity contribution is 1.32. The monoisotopic (exact) mass is 602 g/mol. The maximum atomic E-state index is 8.68. The van der Waals surface area contributed by atoms with Gasteiger partial charge in [-0.2, -0.15) is 5.10 Å². The van der Waals surface area contributed by atoms with Crippen molar-refractivity contribution in [2.24, 2.45) is 5.10 Å². The molecule has 8 rings (SSSR count). The maximum Gasteiger partial charge on any atom is 0.108 e. The van der Waals surface area contributed by atoms with Crippen LogP contribution < -0.4 is 5.43 Å². The second-order valence-corrected chi connectivity index (χ2v) is 11.6. The number of hydrazone groups is 1. The molecule has 222 valence electrons. The van der Waals surface area contributed by atoms with E-state index in [9.17, 15) is 0 Å². The van der Waals surface area contributed by atoms with Crippen molar-refractivity contribution in [3.05, 3.63) is 176 Å². The molecule has 0 unspecified atom stereocenters. The largest absolute Gasteiger partial charge is 0.299 e. The van der Waals surface area contributed by atoms with Crippen molar-refractivity contribution in [3.8, 4) is 33.4 Å². The number of rotatable bonds is 6. The van der Waals surface area contributed by atoms with Crippen LogP contribution in [0.5, 0.6) is 0 Å². The predicted octanol–water partition coefficient (Wildman–Crippen LogP) is 10.8. The van der Waals surface area contributed by atoms with Gasteiger partial charge in [-0.3, -0.25) is 15.8 Å². The van der Waals surface area contributed by atoms with E-state index in [1.165, 1.54) is 38.2 Å². The molecule has 1 heterocycles. The molecule has 47 heavy (non-hydrogen) atoms. The molecule has 2 N–H and O–H groups in total. The average Bonchev–Trinajstić information content (AvgIpc) is 3.14. The molecule has 0 aliphatic heterocycles. The lowest BCUT2D eigenvalue weighted by Crippen LogP contribution is -2.13. The minimum atomic E-state index is 0.361.